The molecular weight excluding hydrogens is 302 g/mol. The molecule has 0 radical (unpaired) electrons. The molecule has 0 aliphatic carbocycles. The summed E-state index contributed by atoms with van der Waals surface area (Å²) in [5.74, 6) is -1.70. The molecule has 1 rings (SSSR count). The molecule has 118 valence electrons. The van der Waals surface area contributed by atoms with Crippen molar-refractivity contribution in [2.24, 2.45) is 5.73 Å². The van der Waals surface area contributed by atoms with Gasteiger partial charge in [-0.1, -0.05) is 12.1 Å². The first-order valence-electron chi connectivity index (χ1n) is 5.86. The van der Waals surface area contributed by atoms with Crippen LogP contribution in [0.15, 0.2) is 30.3 Å². The van der Waals surface area contributed by atoms with Crippen LogP contribution in [0.25, 0.3) is 6.08 Å². The summed E-state index contributed by atoms with van der Waals surface area (Å²) in [7, 11) is 0. The number of ether oxygens (including phenoxy) is 2. The van der Waals surface area contributed by atoms with Crippen molar-refractivity contribution in [1.29, 1.82) is 0 Å². The molecule has 0 aliphatic rings. The van der Waals surface area contributed by atoms with E-state index in [0.29, 0.717) is 5.56 Å². The fourth-order valence-electron chi connectivity index (χ4n) is 1.28. The van der Waals surface area contributed by atoms with Crippen LogP contribution in [0.3, 0.4) is 0 Å². The highest BCUT2D eigenvalue weighted by Crippen LogP contribution is 2.15. The van der Waals surface area contributed by atoms with Crippen molar-refractivity contribution < 1.29 is 32.6 Å². The number of benzene rings is 1. The molecule has 9 heteroatoms. The number of halogens is 2. The second-order valence-corrected chi connectivity index (χ2v) is 3.80. The predicted molar refractivity (Wildman–Crippen MR) is 70.8 cm³/mol. The minimum Gasteiger partial charge on any atom is -0.452 e. The highest BCUT2D eigenvalue weighted by molar-refractivity contribution is 5.95. The molecule has 0 aromatic heterocycles. The maximum Gasteiger partial charge on any atom is 0.387 e. The number of hydrogen-bond donors (Lipinski definition) is 2. The second-order valence-electron chi connectivity index (χ2n) is 3.80. The molecule has 0 fully saturated rings. The molecule has 1 aromatic rings. The summed E-state index contributed by atoms with van der Waals surface area (Å²) in [5, 5.41) is 1.72. The van der Waals surface area contributed by atoms with Crippen molar-refractivity contribution in [3.63, 3.8) is 0 Å². The van der Waals surface area contributed by atoms with Gasteiger partial charge >= 0.3 is 18.6 Å². The van der Waals surface area contributed by atoms with Crippen molar-refractivity contribution in [3.05, 3.63) is 35.9 Å². The topological polar surface area (TPSA) is 108 Å². The van der Waals surface area contributed by atoms with Crippen molar-refractivity contribution in [1.82, 2.24) is 5.32 Å². The highest BCUT2D eigenvalue weighted by Gasteiger charge is 2.07. The zero-order valence-corrected chi connectivity index (χ0v) is 11.1. The number of amides is 3. The average molecular weight is 314 g/mol. The first kappa shape index (κ1) is 17.1. The molecule has 0 bridgehead atoms. The molecule has 1 aromatic carbocycles. The van der Waals surface area contributed by atoms with E-state index in [0.717, 1.165) is 6.08 Å². The van der Waals surface area contributed by atoms with E-state index >= 15 is 0 Å². The molecule has 3 amide bonds. The minimum absolute atomic E-state index is 0.0159. The maximum atomic E-state index is 11.9. The van der Waals surface area contributed by atoms with Crippen molar-refractivity contribution in [2.75, 3.05) is 6.61 Å². The quantitative estimate of drug-likeness (QED) is 0.602. The van der Waals surface area contributed by atoms with Crippen LogP contribution < -0.4 is 15.8 Å². The van der Waals surface area contributed by atoms with Gasteiger partial charge in [0.05, 0.1) is 0 Å². The van der Waals surface area contributed by atoms with E-state index in [-0.39, 0.29) is 5.75 Å². The number of nitrogens with two attached hydrogens (primary N) is 1. The molecule has 0 aliphatic heterocycles. The van der Waals surface area contributed by atoms with Gasteiger partial charge in [-0.15, -0.1) is 0 Å². The Balaban J connectivity index is 2.45. The number of urea groups is 1. The molecule has 0 saturated carbocycles. The monoisotopic (exact) mass is 314 g/mol. The molecule has 0 saturated heterocycles. The Labute approximate surface area is 123 Å². The molecule has 0 spiro atoms. The number of esters is 1. The first-order valence-corrected chi connectivity index (χ1v) is 5.86. The zero-order chi connectivity index (χ0) is 16.5. The van der Waals surface area contributed by atoms with Gasteiger partial charge in [-0.2, -0.15) is 8.78 Å². The van der Waals surface area contributed by atoms with E-state index in [1.165, 1.54) is 30.3 Å². The van der Waals surface area contributed by atoms with Gasteiger partial charge in [0.15, 0.2) is 6.61 Å². The van der Waals surface area contributed by atoms with Gasteiger partial charge < -0.3 is 15.2 Å². The lowest BCUT2D eigenvalue weighted by molar-refractivity contribution is -0.143. The number of carbonyl (C=O) groups excluding carboxylic acids is 3. The van der Waals surface area contributed by atoms with Gasteiger partial charge in [-0.25, -0.2) is 9.59 Å². The molecule has 0 atom stereocenters. The van der Waals surface area contributed by atoms with E-state index in [1.807, 2.05) is 0 Å². The standard InChI is InChI=1S/C13H12F2N2O5/c14-12(15)22-9-4-1-8(2-5-9)3-6-11(19)21-7-10(18)17-13(16)20/h1-6,12H,7H2,(H3,16,17,18,20). The van der Waals surface area contributed by atoms with E-state index in [1.54, 1.807) is 5.32 Å². The van der Waals surface area contributed by atoms with Crippen LogP contribution in [0.1, 0.15) is 5.56 Å². The lowest BCUT2D eigenvalue weighted by Gasteiger charge is -2.04. The van der Waals surface area contributed by atoms with Crippen LogP contribution >= 0.6 is 0 Å². The Kier molecular flexibility index (Phi) is 6.48. The SMILES string of the molecule is NC(=O)NC(=O)COC(=O)C=Cc1ccc(OC(F)F)cc1. The summed E-state index contributed by atoms with van der Waals surface area (Å²) in [6, 6.07) is 4.44. The smallest absolute Gasteiger partial charge is 0.387 e. The molecule has 0 unspecified atom stereocenters. The van der Waals surface area contributed by atoms with Crippen molar-refractivity contribution in [3.8, 4) is 5.75 Å². The third-order valence-electron chi connectivity index (χ3n) is 2.13. The first-order chi connectivity index (χ1) is 10.4. The molecule has 22 heavy (non-hydrogen) atoms. The van der Waals surface area contributed by atoms with E-state index in [2.05, 4.69) is 9.47 Å². The predicted octanol–water partition coefficient (Wildman–Crippen LogP) is 1.04. The third-order valence-corrected chi connectivity index (χ3v) is 2.13. The normalized spacial score (nSPS) is 10.5. The summed E-state index contributed by atoms with van der Waals surface area (Å²) in [6.45, 7) is -3.57. The van der Waals surface area contributed by atoms with Crippen LogP contribution in [-0.2, 0) is 14.3 Å². The Morgan fingerprint density at radius 2 is 1.86 bits per heavy atom. The van der Waals surface area contributed by atoms with E-state index in [4.69, 9.17) is 5.73 Å². The lowest BCUT2D eigenvalue weighted by Crippen LogP contribution is -2.37. The Morgan fingerprint density at radius 3 is 2.41 bits per heavy atom. The van der Waals surface area contributed by atoms with Crippen LogP contribution in [0.5, 0.6) is 5.75 Å². The highest BCUT2D eigenvalue weighted by atomic mass is 19.3. The van der Waals surface area contributed by atoms with E-state index in [9.17, 15) is 23.2 Å². The van der Waals surface area contributed by atoms with Crippen LogP contribution in [-0.4, -0.2) is 31.1 Å². The fourth-order valence-corrected chi connectivity index (χ4v) is 1.28. The van der Waals surface area contributed by atoms with Crippen molar-refractivity contribution >= 4 is 24.0 Å². The fraction of sp³-hybridized carbons (Fsp3) is 0.154. The summed E-state index contributed by atoms with van der Waals surface area (Å²) in [6.07, 6.45) is 2.38. The van der Waals surface area contributed by atoms with Crippen LogP contribution in [0.4, 0.5) is 13.6 Å². The Hall–Kier alpha value is -2.97. The van der Waals surface area contributed by atoms with Crippen LogP contribution in [0, 0.1) is 0 Å². The zero-order valence-electron chi connectivity index (χ0n) is 11.1. The summed E-state index contributed by atoms with van der Waals surface area (Å²) in [5.41, 5.74) is 5.22. The number of nitrogens with one attached hydrogen (secondary N) is 1. The van der Waals surface area contributed by atoms with Crippen molar-refractivity contribution in [2.45, 2.75) is 6.61 Å². The number of primary amides is 1. The second kappa shape index (κ2) is 8.35. The van der Waals surface area contributed by atoms with Gasteiger partial charge in [-0.05, 0) is 23.8 Å². The van der Waals surface area contributed by atoms with Gasteiger partial charge in [0.1, 0.15) is 5.75 Å². The third kappa shape index (κ3) is 6.98. The lowest BCUT2D eigenvalue weighted by atomic mass is 10.2. The number of imide groups is 1. The summed E-state index contributed by atoms with van der Waals surface area (Å²) in [4.78, 5) is 32.6. The number of alkyl halides is 2. The minimum atomic E-state index is -2.91. The van der Waals surface area contributed by atoms with Gasteiger partial charge in [-0.3, -0.25) is 10.1 Å². The van der Waals surface area contributed by atoms with Crippen LogP contribution in [0.2, 0.25) is 0 Å². The largest absolute Gasteiger partial charge is 0.452 e. The summed E-state index contributed by atoms with van der Waals surface area (Å²) >= 11 is 0. The summed E-state index contributed by atoms with van der Waals surface area (Å²) < 4.78 is 32.6. The average Bonchev–Trinajstić information content (AvgIpc) is 2.43. The molecule has 3 N–H and O–H groups in total. The Morgan fingerprint density at radius 1 is 1.23 bits per heavy atom. The molecule has 7 nitrogen and oxygen atoms in total. The van der Waals surface area contributed by atoms with Gasteiger partial charge in [0.25, 0.3) is 5.91 Å². The molecular formula is C13H12F2N2O5. The number of rotatable bonds is 6. The Bertz CT molecular complexity index is 572. The number of hydrogen-bond acceptors (Lipinski definition) is 5. The van der Waals surface area contributed by atoms with Gasteiger partial charge in [0.2, 0.25) is 0 Å². The molecule has 0 heterocycles. The number of carbonyl (C=O) groups is 3. The maximum absolute atomic E-state index is 11.9. The van der Waals surface area contributed by atoms with Gasteiger partial charge in [0, 0.05) is 6.08 Å². The van der Waals surface area contributed by atoms with E-state index < -0.39 is 31.1 Å².